The zero-order valence-corrected chi connectivity index (χ0v) is 12.8. The summed E-state index contributed by atoms with van der Waals surface area (Å²) in [6.45, 7) is 0.965. The zero-order valence-electron chi connectivity index (χ0n) is 12.8. The molecule has 2 N–H and O–H groups in total. The molecule has 1 aliphatic rings. The topological polar surface area (TPSA) is 80.4 Å². The highest BCUT2D eigenvalue weighted by atomic mass is 16.5. The summed E-state index contributed by atoms with van der Waals surface area (Å²) in [5, 5.41) is 3.71. The number of amides is 1. The molecular weight excluding hydrogens is 296 g/mol. The number of para-hydroxylation sites is 1. The summed E-state index contributed by atoms with van der Waals surface area (Å²) < 4.78 is 10.4. The fourth-order valence-corrected chi connectivity index (χ4v) is 2.71. The van der Waals surface area contributed by atoms with Crippen molar-refractivity contribution in [3.63, 3.8) is 0 Å². The van der Waals surface area contributed by atoms with Crippen LogP contribution in [0.2, 0.25) is 0 Å². The van der Waals surface area contributed by atoms with Crippen molar-refractivity contribution < 1.29 is 19.1 Å². The highest BCUT2D eigenvalue weighted by Crippen LogP contribution is 2.18. The molecule has 1 fully saturated rings. The van der Waals surface area contributed by atoms with E-state index in [1.54, 1.807) is 6.20 Å². The van der Waals surface area contributed by atoms with Crippen molar-refractivity contribution in [1.82, 2.24) is 10.3 Å². The minimum Gasteiger partial charge on any atom is -0.455 e. The van der Waals surface area contributed by atoms with Gasteiger partial charge in [-0.2, -0.15) is 0 Å². The summed E-state index contributed by atoms with van der Waals surface area (Å²) in [6.07, 6.45) is 4.01. The monoisotopic (exact) mass is 316 g/mol. The number of benzene rings is 1. The molecule has 0 aliphatic carbocycles. The molecular formula is C17H20N2O4. The van der Waals surface area contributed by atoms with Crippen molar-refractivity contribution >= 4 is 22.8 Å². The van der Waals surface area contributed by atoms with Gasteiger partial charge in [-0.15, -0.1) is 0 Å². The Labute approximate surface area is 134 Å². The van der Waals surface area contributed by atoms with Crippen LogP contribution in [0, 0.1) is 0 Å². The predicted octanol–water partition coefficient (Wildman–Crippen LogP) is 1.55. The van der Waals surface area contributed by atoms with Crippen LogP contribution in [0.4, 0.5) is 0 Å². The summed E-state index contributed by atoms with van der Waals surface area (Å²) >= 11 is 0. The number of esters is 1. The summed E-state index contributed by atoms with van der Waals surface area (Å²) in [7, 11) is 0. The van der Waals surface area contributed by atoms with Gasteiger partial charge >= 0.3 is 5.97 Å². The van der Waals surface area contributed by atoms with Gasteiger partial charge in [-0.25, -0.2) is 0 Å². The Hall–Kier alpha value is -2.34. The molecule has 0 saturated carbocycles. The third-order valence-electron chi connectivity index (χ3n) is 3.92. The van der Waals surface area contributed by atoms with Gasteiger partial charge in [0.1, 0.15) is 0 Å². The number of H-pyrrole nitrogens is 1. The highest BCUT2D eigenvalue weighted by molar-refractivity contribution is 5.88. The van der Waals surface area contributed by atoms with E-state index < -0.39 is 5.97 Å². The van der Waals surface area contributed by atoms with Gasteiger partial charge in [0.05, 0.1) is 12.5 Å². The van der Waals surface area contributed by atoms with Gasteiger partial charge in [0.15, 0.2) is 6.61 Å². The van der Waals surface area contributed by atoms with Gasteiger partial charge in [0.2, 0.25) is 0 Å². The van der Waals surface area contributed by atoms with E-state index in [9.17, 15) is 9.59 Å². The molecule has 0 bridgehead atoms. The van der Waals surface area contributed by atoms with Gasteiger partial charge in [0, 0.05) is 30.3 Å². The standard InChI is InChI=1S/C17H20N2O4/c20-16(19-10-13-4-3-7-22-13)11-23-17(21)8-12-9-18-15-6-2-1-5-14(12)15/h1-2,5-6,9,13,18H,3-4,7-8,10-11H2,(H,19,20)/t13-/m0/s1. The Kier molecular flexibility index (Phi) is 4.92. The summed E-state index contributed by atoms with van der Waals surface area (Å²) in [5.74, 6) is -0.713. The number of carbonyl (C=O) groups is 2. The SMILES string of the molecule is O=C(COC(=O)Cc1c[nH]c2ccccc12)NC[C@@H]1CCCO1. The van der Waals surface area contributed by atoms with E-state index in [0.29, 0.717) is 6.54 Å². The van der Waals surface area contributed by atoms with Crippen molar-refractivity contribution in [3.05, 3.63) is 36.0 Å². The molecule has 1 saturated heterocycles. The van der Waals surface area contributed by atoms with Gasteiger partial charge < -0.3 is 19.8 Å². The summed E-state index contributed by atoms with van der Waals surface area (Å²) in [5.41, 5.74) is 1.84. The Morgan fingerprint density at radius 2 is 2.22 bits per heavy atom. The smallest absolute Gasteiger partial charge is 0.310 e. The molecule has 23 heavy (non-hydrogen) atoms. The third-order valence-corrected chi connectivity index (χ3v) is 3.92. The molecule has 2 aromatic rings. The van der Waals surface area contributed by atoms with Gasteiger partial charge in [0.25, 0.3) is 5.91 Å². The van der Waals surface area contributed by atoms with Crippen LogP contribution < -0.4 is 5.32 Å². The lowest BCUT2D eigenvalue weighted by Crippen LogP contribution is -2.35. The number of rotatable bonds is 6. The third kappa shape index (κ3) is 4.10. The second kappa shape index (κ2) is 7.28. The number of carbonyl (C=O) groups excluding carboxylic acids is 2. The molecule has 0 radical (unpaired) electrons. The quantitative estimate of drug-likeness (QED) is 0.792. The first-order chi connectivity index (χ1) is 11.2. The van der Waals surface area contributed by atoms with E-state index in [1.807, 2.05) is 24.3 Å². The first-order valence-electron chi connectivity index (χ1n) is 7.81. The molecule has 122 valence electrons. The van der Waals surface area contributed by atoms with Crippen LogP contribution in [0.25, 0.3) is 10.9 Å². The number of hydrogen-bond donors (Lipinski definition) is 2. The molecule has 2 heterocycles. The van der Waals surface area contributed by atoms with E-state index in [2.05, 4.69) is 10.3 Å². The van der Waals surface area contributed by atoms with Gasteiger partial charge in [-0.05, 0) is 24.5 Å². The number of fused-ring (bicyclic) bond motifs is 1. The summed E-state index contributed by atoms with van der Waals surface area (Å²) in [6, 6.07) is 7.74. The maximum Gasteiger partial charge on any atom is 0.310 e. The molecule has 0 spiro atoms. The lowest BCUT2D eigenvalue weighted by Gasteiger charge is -2.10. The Balaban J connectivity index is 1.43. The van der Waals surface area contributed by atoms with Crippen LogP contribution in [0.3, 0.4) is 0 Å². The zero-order chi connectivity index (χ0) is 16.1. The van der Waals surface area contributed by atoms with Crippen molar-refractivity contribution in [3.8, 4) is 0 Å². The number of aromatic amines is 1. The first-order valence-corrected chi connectivity index (χ1v) is 7.81. The number of hydrogen-bond acceptors (Lipinski definition) is 4. The first kappa shape index (κ1) is 15.6. The van der Waals surface area contributed by atoms with Crippen LogP contribution in [0.5, 0.6) is 0 Å². The van der Waals surface area contributed by atoms with E-state index in [4.69, 9.17) is 9.47 Å². The number of nitrogens with one attached hydrogen (secondary N) is 2. The molecule has 3 rings (SSSR count). The lowest BCUT2D eigenvalue weighted by atomic mass is 10.1. The second-order valence-electron chi connectivity index (χ2n) is 5.64. The number of aromatic nitrogens is 1. The highest BCUT2D eigenvalue weighted by Gasteiger charge is 2.17. The van der Waals surface area contributed by atoms with Gasteiger partial charge in [-0.1, -0.05) is 18.2 Å². The maximum absolute atomic E-state index is 11.9. The van der Waals surface area contributed by atoms with Crippen molar-refractivity contribution in [2.75, 3.05) is 19.8 Å². The van der Waals surface area contributed by atoms with Crippen LogP contribution >= 0.6 is 0 Å². The van der Waals surface area contributed by atoms with Crippen molar-refractivity contribution in [2.24, 2.45) is 0 Å². The molecule has 1 aromatic carbocycles. The second-order valence-corrected chi connectivity index (χ2v) is 5.64. The Morgan fingerprint density at radius 1 is 1.35 bits per heavy atom. The molecule has 1 atom stereocenters. The lowest BCUT2D eigenvalue weighted by molar-refractivity contribution is -0.147. The minimum absolute atomic E-state index is 0.0841. The van der Waals surface area contributed by atoms with E-state index >= 15 is 0 Å². The van der Waals surface area contributed by atoms with Crippen LogP contribution in [-0.4, -0.2) is 42.7 Å². The van der Waals surface area contributed by atoms with Crippen LogP contribution in [0.1, 0.15) is 18.4 Å². The molecule has 0 unspecified atom stereocenters. The van der Waals surface area contributed by atoms with E-state index in [1.165, 1.54) is 0 Å². The fraction of sp³-hybridized carbons (Fsp3) is 0.412. The Bertz CT molecular complexity index is 689. The molecule has 6 heteroatoms. The average molecular weight is 316 g/mol. The average Bonchev–Trinajstić information content (AvgIpc) is 3.21. The molecule has 6 nitrogen and oxygen atoms in total. The molecule has 1 amide bonds. The fourth-order valence-electron chi connectivity index (χ4n) is 2.71. The largest absolute Gasteiger partial charge is 0.455 e. The van der Waals surface area contributed by atoms with E-state index in [0.717, 1.165) is 35.9 Å². The normalized spacial score (nSPS) is 17.3. The Morgan fingerprint density at radius 3 is 3.04 bits per heavy atom. The van der Waals surface area contributed by atoms with E-state index in [-0.39, 0.29) is 25.0 Å². The number of ether oxygens (including phenoxy) is 2. The minimum atomic E-state index is -0.415. The van der Waals surface area contributed by atoms with Crippen LogP contribution in [0.15, 0.2) is 30.5 Å². The summed E-state index contributed by atoms with van der Waals surface area (Å²) in [4.78, 5) is 26.7. The van der Waals surface area contributed by atoms with Gasteiger partial charge in [-0.3, -0.25) is 9.59 Å². The van der Waals surface area contributed by atoms with Crippen molar-refractivity contribution in [1.29, 1.82) is 0 Å². The van der Waals surface area contributed by atoms with Crippen LogP contribution in [-0.2, 0) is 25.5 Å². The molecule has 1 aromatic heterocycles. The van der Waals surface area contributed by atoms with Crippen molar-refractivity contribution in [2.45, 2.75) is 25.4 Å². The maximum atomic E-state index is 11.9. The molecule has 1 aliphatic heterocycles. The predicted molar refractivity (Wildman–Crippen MR) is 84.9 cm³/mol.